The molecule has 1 saturated heterocycles. The molecule has 1 amide bonds. The highest BCUT2D eigenvalue weighted by Crippen LogP contribution is 2.18. The number of piperidine rings is 1. The summed E-state index contributed by atoms with van der Waals surface area (Å²) in [7, 11) is 0. The highest BCUT2D eigenvalue weighted by atomic mass is 16.1. The maximum Gasteiger partial charge on any atom is 0.252 e. The van der Waals surface area contributed by atoms with Gasteiger partial charge in [0, 0.05) is 19.5 Å². The monoisotopic (exact) mass is 274 g/mol. The molecule has 1 fully saturated rings. The van der Waals surface area contributed by atoms with E-state index in [2.05, 4.69) is 25.5 Å². The summed E-state index contributed by atoms with van der Waals surface area (Å²) >= 11 is 0. The molecule has 0 saturated carbocycles. The Morgan fingerprint density at radius 2 is 2.05 bits per heavy atom. The Labute approximate surface area is 117 Å². The average molecular weight is 274 g/mol. The molecule has 1 N–H and O–H groups in total. The number of rotatable bonds is 3. The molecule has 1 aliphatic heterocycles. The Bertz CT molecular complexity index is 616. The molecule has 7 nitrogen and oxygen atoms in total. The Morgan fingerprint density at radius 1 is 1.25 bits per heavy atom. The summed E-state index contributed by atoms with van der Waals surface area (Å²) in [5.41, 5.74) is 0.636. The first-order valence-corrected chi connectivity index (χ1v) is 7.05. The van der Waals surface area contributed by atoms with Crippen molar-refractivity contribution in [3.63, 3.8) is 0 Å². The maximum atomic E-state index is 11.5. The second-order valence-electron chi connectivity index (χ2n) is 4.93. The van der Waals surface area contributed by atoms with E-state index in [0.717, 1.165) is 18.9 Å². The fourth-order valence-electron chi connectivity index (χ4n) is 2.36. The molecule has 2 aromatic heterocycles. The number of hydrogen-bond donors (Lipinski definition) is 1. The van der Waals surface area contributed by atoms with Crippen molar-refractivity contribution in [1.82, 2.24) is 19.8 Å². The number of hydrogen-bond acceptors (Lipinski definition) is 5. The Kier molecular flexibility index (Phi) is 3.49. The molecule has 7 heteroatoms. The first-order valence-electron chi connectivity index (χ1n) is 7.05. The van der Waals surface area contributed by atoms with Gasteiger partial charge in [0.25, 0.3) is 5.95 Å². The van der Waals surface area contributed by atoms with Gasteiger partial charge in [-0.25, -0.2) is 0 Å². The Morgan fingerprint density at radius 3 is 2.80 bits per heavy atom. The van der Waals surface area contributed by atoms with E-state index in [9.17, 15) is 4.79 Å². The number of amides is 1. The third kappa shape index (κ3) is 2.43. The van der Waals surface area contributed by atoms with Crippen LogP contribution in [-0.2, 0) is 4.79 Å². The molecule has 0 unspecified atom stereocenters. The SMILES string of the molecule is CCC(=O)Nc1nnc2ccc(N3CCCCC3)nn12. The smallest absolute Gasteiger partial charge is 0.252 e. The molecule has 3 rings (SSSR count). The first-order chi connectivity index (χ1) is 9.78. The predicted octanol–water partition coefficient (Wildman–Crippen LogP) is 1.46. The van der Waals surface area contributed by atoms with E-state index in [4.69, 9.17) is 0 Å². The van der Waals surface area contributed by atoms with Crippen molar-refractivity contribution < 1.29 is 4.79 Å². The van der Waals surface area contributed by atoms with Gasteiger partial charge in [0.15, 0.2) is 5.65 Å². The largest absolute Gasteiger partial charge is 0.355 e. The summed E-state index contributed by atoms with van der Waals surface area (Å²) in [6.45, 7) is 3.85. The second kappa shape index (κ2) is 5.44. The van der Waals surface area contributed by atoms with Crippen LogP contribution in [0.5, 0.6) is 0 Å². The average Bonchev–Trinajstić information content (AvgIpc) is 2.90. The third-order valence-electron chi connectivity index (χ3n) is 3.50. The van der Waals surface area contributed by atoms with Crippen molar-refractivity contribution >= 4 is 23.3 Å². The molecule has 1 aliphatic rings. The third-order valence-corrected chi connectivity index (χ3v) is 3.50. The van der Waals surface area contributed by atoms with E-state index in [-0.39, 0.29) is 5.91 Å². The zero-order chi connectivity index (χ0) is 13.9. The molecule has 20 heavy (non-hydrogen) atoms. The number of aromatic nitrogens is 4. The van der Waals surface area contributed by atoms with Gasteiger partial charge in [0.2, 0.25) is 5.91 Å². The number of fused-ring (bicyclic) bond motifs is 1. The molecule has 0 bridgehead atoms. The van der Waals surface area contributed by atoms with Crippen LogP contribution in [0, 0.1) is 0 Å². The molecule has 0 atom stereocenters. The topological polar surface area (TPSA) is 75.4 Å². The molecular formula is C13H18N6O. The minimum atomic E-state index is -0.0931. The normalized spacial score (nSPS) is 15.6. The second-order valence-corrected chi connectivity index (χ2v) is 4.93. The van der Waals surface area contributed by atoms with Crippen LogP contribution in [-0.4, -0.2) is 38.8 Å². The van der Waals surface area contributed by atoms with Gasteiger partial charge in [-0.15, -0.1) is 15.3 Å². The van der Waals surface area contributed by atoms with Crippen molar-refractivity contribution in [2.45, 2.75) is 32.6 Å². The highest BCUT2D eigenvalue weighted by Gasteiger charge is 2.15. The van der Waals surface area contributed by atoms with E-state index in [0.29, 0.717) is 18.0 Å². The molecule has 2 aromatic rings. The van der Waals surface area contributed by atoms with Crippen LogP contribution >= 0.6 is 0 Å². The number of anilines is 2. The number of nitrogens with one attached hydrogen (secondary N) is 1. The van der Waals surface area contributed by atoms with Crippen molar-refractivity contribution in [1.29, 1.82) is 0 Å². The predicted molar refractivity (Wildman–Crippen MR) is 75.8 cm³/mol. The van der Waals surface area contributed by atoms with Gasteiger partial charge in [0.1, 0.15) is 5.82 Å². The lowest BCUT2D eigenvalue weighted by molar-refractivity contribution is -0.115. The zero-order valence-electron chi connectivity index (χ0n) is 11.5. The molecular weight excluding hydrogens is 256 g/mol. The lowest BCUT2D eigenvalue weighted by Gasteiger charge is -2.27. The molecule has 3 heterocycles. The van der Waals surface area contributed by atoms with Gasteiger partial charge >= 0.3 is 0 Å². The lowest BCUT2D eigenvalue weighted by atomic mass is 10.1. The summed E-state index contributed by atoms with van der Waals surface area (Å²) < 4.78 is 1.59. The maximum absolute atomic E-state index is 11.5. The van der Waals surface area contributed by atoms with Crippen LogP contribution in [0.2, 0.25) is 0 Å². The molecule has 0 aromatic carbocycles. The molecule has 0 radical (unpaired) electrons. The van der Waals surface area contributed by atoms with E-state index in [1.54, 1.807) is 11.4 Å². The van der Waals surface area contributed by atoms with Gasteiger partial charge in [0.05, 0.1) is 0 Å². The lowest BCUT2D eigenvalue weighted by Crippen LogP contribution is -2.30. The number of carbonyl (C=O) groups excluding carboxylic acids is 1. The van der Waals surface area contributed by atoms with Crippen LogP contribution in [0.4, 0.5) is 11.8 Å². The van der Waals surface area contributed by atoms with Gasteiger partial charge in [-0.2, -0.15) is 4.52 Å². The fourth-order valence-corrected chi connectivity index (χ4v) is 2.36. The van der Waals surface area contributed by atoms with Crippen LogP contribution in [0.25, 0.3) is 5.65 Å². The molecule has 106 valence electrons. The van der Waals surface area contributed by atoms with Gasteiger partial charge in [-0.1, -0.05) is 6.92 Å². The van der Waals surface area contributed by atoms with Gasteiger partial charge < -0.3 is 4.90 Å². The summed E-state index contributed by atoms with van der Waals surface area (Å²) in [4.78, 5) is 13.7. The minimum Gasteiger partial charge on any atom is -0.355 e. The summed E-state index contributed by atoms with van der Waals surface area (Å²) in [6.07, 6.45) is 4.08. The zero-order valence-corrected chi connectivity index (χ0v) is 11.5. The van der Waals surface area contributed by atoms with Gasteiger partial charge in [-0.3, -0.25) is 10.1 Å². The van der Waals surface area contributed by atoms with Gasteiger partial charge in [-0.05, 0) is 31.4 Å². The van der Waals surface area contributed by atoms with Crippen LogP contribution in [0.1, 0.15) is 32.6 Å². The first kappa shape index (κ1) is 12.8. The fraction of sp³-hybridized carbons (Fsp3) is 0.538. The summed E-state index contributed by atoms with van der Waals surface area (Å²) in [5, 5.41) is 15.2. The van der Waals surface area contributed by atoms with Crippen molar-refractivity contribution in [2.75, 3.05) is 23.3 Å². The van der Waals surface area contributed by atoms with Crippen LogP contribution in [0.15, 0.2) is 12.1 Å². The van der Waals surface area contributed by atoms with E-state index >= 15 is 0 Å². The molecule has 0 aliphatic carbocycles. The number of nitrogens with zero attached hydrogens (tertiary/aromatic N) is 5. The van der Waals surface area contributed by atoms with E-state index in [1.807, 2.05) is 12.1 Å². The van der Waals surface area contributed by atoms with Crippen molar-refractivity contribution in [3.8, 4) is 0 Å². The Balaban J connectivity index is 1.91. The van der Waals surface area contributed by atoms with Crippen molar-refractivity contribution in [3.05, 3.63) is 12.1 Å². The van der Waals surface area contributed by atoms with E-state index < -0.39 is 0 Å². The van der Waals surface area contributed by atoms with E-state index in [1.165, 1.54) is 19.3 Å². The quantitative estimate of drug-likeness (QED) is 0.917. The van der Waals surface area contributed by atoms with Crippen molar-refractivity contribution in [2.24, 2.45) is 0 Å². The Hall–Kier alpha value is -2.18. The molecule has 0 spiro atoms. The standard InChI is InChI=1S/C13H18N6O/c1-2-12(20)14-13-16-15-10-6-7-11(17-19(10)13)18-8-4-3-5-9-18/h6-7H,2-5,8-9H2,1H3,(H,14,16,20). The van der Waals surface area contributed by atoms with Crippen LogP contribution in [0.3, 0.4) is 0 Å². The number of carbonyl (C=O) groups is 1. The minimum absolute atomic E-state index is 0.0931. The highest BCUT2D eigenvalue weighted by molar-refractivity contribution is 5.88. The van der Waals surface area contributed by atoms with Crippen LogP contribution < -0.4 is 10.2 Å². The summed E-state index contributed by atoms with van der Waals surface area (Å²) in [5.74, 6) is 1.19. The summed E-state index contributed by atoms with van der Waals surface area (Å²) in [6, 6.07) is 3.84.